The van der Waals surface area contributed by atoms with E-state index in [1.54, 1.807) is 0 Å². The molecule has 2 nitrogen and oxygen atoms in total. The van der Waals surface area contributed by atoms with E-state index >= 15 is 0 Å². The van der Waals surface area contributed by atoms with E-state index in [4.69, 9.17) is 11.6 Å². The van der Waals surface area contributed by atoms with E-state index in [2.05, 4.69) is 4.98 Å². The second-order valence-corrected chi connectivity index (χ2v) is 4.45. The van der Waals surface area contributed by atoms with Gasteiger partial charge < -0.3 is 4.40 Å². The van der Waals surface area contributed by atoms with Crippen molar-refractivity contribution in [2.45, 2.75) is 0 Å². The first-order chi connectivity index (χ1) is 8.81. The molecule has 2 aromatic heterocycles. The van der Waals surface area contributed by atoms with Gasteiger partial charge in [0.15, 0.2) is 0 Å². The Labute approximate surface area is 110 Å². The fourth-order valence-corrected chi connectivity index (χ4v) is 1.92. The van der Waals surface area contributed by atoms with Gasteiger partial charge >= 0.3 is 0 Å². The molecule has 0 fully saturated rings. The number of halogens is 1. The number of pyridine rings is 1. The fourth-order valence-electron chi connectivity index (χ4n) is 1.79. The van der Waals surface area contributed by atoms with Crippen LogP contribution in [0.5, 0.6) is 0 Å². The van der Waals surface area contributed by atoms with E-state index in [0.29, 0.717) is 0 Å². The Kier molecular flexibility index (Phi) is 2.87. The van der Waals surface area contributed by atoms with Crippen LogP contribution in [-0.2, 0) is 0 Å². The lowest BCUT2D eigenvalue weighted by atomic mass is 10.2. The third-order valence-electron chi connectivity index (χ3n) is 2.70. The average Bonchev–Trinajstić information content (AvgIpc) is 2.81. The van der Waals surface area contributed by atoms with E-state index in [0.717, 1.165) is 21.9 Å². The van der Waals surface area contributed by atoms with Crippen molar-refractivity contribution >= 4 is 29.4 Å². The maximum atomic E-state index is 5.84. The van der Waals surface area contributed by atoms with Crippen LogP contribution < -0.4 is 0 Å². The highest BCUT2D eigenvalue weighted by molar-refractivity contribution is 6.30. The molecule has 0 saturated carbocycles. The van der Waals surface area contributed by atoms with Crippen LogP contribution in [0.4, 0.5) is 0 Å². The number of nitrogens with zero attached hydrogens (tertiary/aromatic N) is 2. The lowest BCUT2D eigenvalue weighted by molar-refractivity contribution is 1.19. The summed E-state index contributed by atoms with van der Waals surface area (Å²) in [6, 6.07) is 13.7. The summed E-state index contributed by atoms with van der Waals surface area (Å²) in [4.78, 5) is 4.50. The van der Waals surface area contributed by atoms with E-state index in [1.165, 1.54) is 0 Å². The summed E-state index contributed by atoms with van der Waals surface area (Å²) < 4.78 is 2.00. The molecule has 0 atom stereocenters. The van der Waals surface area contributed by atoms with Crippen LogP contribution in [0.2, 0.25) is 5.02 Å². The van der Waals surface area contributed by atoms with Crippen molar-refractivity contribution in [3.63, 3.8) is 0 Å². The van der Waals surface area contributed by atoms with E-state index in [-0.39, 0.29) is 0 Å². The van der Waals surface area contributed by atoms with Gasteiger partial charge in [-0.05, 0) is 35.9 Å². The molecule has 3 aromatic rings. The van der Waals surface area contributed by atoms with E-state index in [1.807, 2.05) is 71.4 Å². The molecule has 3 rings (SSSR count). The van der Waals surface area contributed by atoms with Crippen molar-refractivity contribution in [2.75, 3.05) is 0 Å². The number of benzene rings is 1. The van der Waals surface area contributed by atoms with Gasteiger partial charge in [-0.25, -0.2) is 4.98 Å². The van der Waals surface area contributed by atoms with Crippen LogP contribution in [-0.4, -0.2) is 9.38 Å². The molecule has 2 heterocycles. The zero-order valence-corrected chi connectivity index (χ0v) is 10.4. The van der Waals surface area contributed by atoms with Gasteiger partial charge in [-0.3, -0.25) is 0 Å². The standard InChI is InChI=1S/C15H11ClN2/c16-13-7-4-12(5-8-13)6-9-14-11-18-10-2-1-3-15(18)17-14/h1-11H/b9-6+. The third kappa shape index (κ3) is 2.29. The predicted octanol–water partition coefficient (Wildman–Crippen LogP) is 4.16. The van der Waals surface area contributed by atoms with Crippen molar-refractivity contribution in [3.8, 4) is 0 Å². The van der Waals surface area contributed by atoms with Crippen LogP contribution in [0.25, 0.3) is 17.8 Å². The second kappa shape index (κ2) is 4.67. The molecule has 0 saturated heterocycles. The summed E-state index contributed by atoms with van der Waals surface area (Å²) >= 11 is 5.84. The topological polar surface area (TPSA) is 17.3 Å². The van der Waals surface area contributed by atoms with Crippen LogP contribution in [0.1, 0.15) is 11.3 Å². The zero-order chi connectivity index (χ0) is 12.4. The number of imidazole rings is 1. The first-order valence-corrected chi connectivity index (χ1v) is 6.06. The van der Waals surface area contributed by atoms with Crippen LogP contribution in [0.3, 0.4) is 0 Å². The first kappa shape index (κ1) is 11.1. The van der Waals surface area contributed by atoms with Gasteiger partial charge in [0.2, 0.25) is 0 Å². The minimum atomic E-state index is 0.750. The van der Waals surface area contributed by atoms with E-state index in [9.17, 15) is 0 Å². The Morgan fingerprint density at radius 3 is 2.61 bits per heavy atom. The average molecular weight is 255 g/mol. The highest BCUT2D eigenvalue weighted by Crippen LogP contribution is 2.13. The van der Waals surface area contributed by atoms with Crippen molar-refractivity contribution in [1.29, 1.82) is 0 Å². The Balaban J connectivity index is 1.89. The van der Waals surface area contributed by atoms with Gasteiger partial charge in [0, 0.05) is 17.4 Å². The first-order valence-electron chi connectivity index (χ1n) is 5.69. The summed E-state index contributed by atoms with van der Waals surface area (Å²) in [5.41, 5.74) is 3.00. The smallest absolute Gasteiger partial charge is 0.137 e. The Morgan fingerprint density at radius 2 is 1.83 bits per heavy atom. The van der Waals surface area contributed by atoms with Gasteiger partial charge in [0.25, 0.3) is 0 Å². The number of hydrogen-bond acceptors (Lipinski definition) is 1. The zero-order valence-electron chi connectivity index (χ0n) is 9.62. The molecule has 0 amide bonds. The number of fused-ring (bicyclic) bond motifs is 1. The van der Waals surface area contributed by atoms with Crippen LogP contribution in [0.15, 0.2) is 54.9 Å². The maximum absolute atomic E-state index is 5.84. The molecule has 0 bridgehead atoms. The Bertz CT molecular complexity index is 663. The molecule has 0 radical (unpaired) electrons. The summed E-state index contributed by atoms with van der Waals surface area (Å²) in [6.07, 6.45) is 8.01. The fraction of sp³-hybridized carbons (Fsp3) is 0. The summed E-state index contributed by atoms with van der Waals surface area (Å²) in [5, 5.41) is 0.750. The molecule has 1 aromatic carbocycles. The number of rotatable bonds is 2. The van der Waals surface area contributed by atoms with E-state index < -0.39 is 0 Å². The largest absolute Gasteiger partial charge is 0.306 e. The van der Waals surface area contributed by atoms with Crippen molar-refractivity contribution in [3.05, 3.63) is 71.1 Å². The lowest BCUT2D eigenvalue weighted by Gasteiger charge is -1.92. The normalized spacial score (nSPS) is 11.4. The van der Waals surface area contributed by atoms with Gasteiger partial charge in [-0.15, -0.1) is 0 Å². The van der Waals surface area contributed by atoms with Crippen LogP contribution >= 0.6 is 11.6 Å². The summed E-state index contributed by atoms with van der Waals surface area (Å²) in [7, 11) is 0. The molecule has 18 heavy (non-hydrogen) atoms. The molecule has 0 aliphatic heterocycles. The SMILES string of the molecule is Clc1ccc(/C=C/c2cn3ccccc3n2)cc1. The Hall–Kier alpha value is -2.06. The second-order valence-electron chi connectivity index (χ2n) is 4.02. The molecule has 3 heteroatoms. The lowest BCUT2D eigenvalue weighted by Crippen LogP contribution is -1.77. The van der Waals surface area contributed by atoms with Crippen LogP contribution in [0, 0.1) is 0 Å². The number of aromatic nitrogens is 2. The van der Waals surface area contributed by atoms with Crippen molar-refractivity contribution in [1.82, 2.24) is 9.38 Å². The molecule has 0 N–H and O–H groups in total. The maximum Gasteiger partial charge on any atom is 0.137 e. The molecule has 0 unspecified atom stereocenters. The Morgan fingerprint density at radius 1 is 1.00 bits per heavy atom. The number of hydrogen-bond donors (Lipinski definition) is 0. The van der Waals surface area contributed by atoms with Gasteiger partial charge in [0.05, 0.1) is 5.69 Å². The highest BCUT2D eigenvalue weighted by atomic mass is 35.5. The summed E-state index contributed by atoms with van der Waals surface area (Å²) in [6.45, 7) is 0. The third-order valence-corrected chi connectivity index (χ3v) is 2.95. The molecule has 0 aliphatic rings. The van der Waals surface area contributed by atoms with Crippen molar-refractivity contribution in [2.24, 2.45) is 0 Å². The highest BCUT2D eigenvalue weighted by Gasteiger charge is 1.96. The molecular formula is C15H11ClN2. The monoisotopic (exact) mass is 254 g/mol. The van der Waals surface area contributed by atoms with Gasteiger partial charge in [0.1, 0.15) is 5.65 Å². The molecular weight excluding hydrogens is 244 g/mol. The van der Waals surface area contributed by atoms with Gasteiger partial charge in [-0.1, -0.05) is 35.9 Å². The molecule has 0 aliphatic carbocycles. The summed E-state index contributed by atoms with van der Waals surface area (Å²) in [5.74, 6) is 0. The minimum absolute atomic E-state index is 0.750. The van der Waals surface area contributed by atoms with Gasteiger partial charge in [-0.2, -0.15) is 0 Å². The molecule has 0 spiro atoms. The predicted molar refractivity (Wildman–Crippen MR) is 75.6 cm³/mol. The minimum Gasteiger partial charge on any atom is -0.306 e. The molecule has 88 valence electrons. The van der Waals surface area contributed by atoms with Crippen molar-refractivity contribution < 1.29 is 0 Å². The quantitative estimate of drug-likeness (QED) is 0.671.